The molecule has 10 aromatic rings. The van der Waals surface area contributed by atoms with E-state index in [0.717, 1.165) is 70.6 Å². The highest BCUT2D eigenvalue weighted by atomic mass is 32.2. The molecule has 0 aliphatic rings. The fourth-order valence-electron chi connectivity index (χ4n) is 8.43. The smallest absolute Gasteiger partial charge is 0.295 e. The minimum Gasteiger partial charge on any atom is -0.339 e. The average molecular weight is 1220 g/mol. The van der Waals surface area contributed by atoms with Gasteiger partial charge in [-0.05, 0) is 126 Å². The molecule has 0 unspecified atom stereocenters. The Labute approximate surface area is 470 Å². The lowest BCUT2D eigenvalue weighted by Crippen LogP contribution is -2.14. The zero-order valence-electron chi connectivity index (χ0n) is 41.5. The van der Waals surface area contributed by atoms with Crippen LogP contribution in [0.3, 0.4) is 0 Å². The molecule has 0 aliphatic heterocycles. The molecule has 0 spiro atoms. The normalized spacial score (nSPS) is 12.6. The summed E-state index contributed by atoms with van der Waals surface area (Å²) in [6.07, 6.45) is 0. The molecule has 7 N–H and O–H groups in total. The number of nitriles is 1. The zero-order valence-corrected chi connectivity index (χ0v) is 46.4. The van der Waals surface area contributed by atoms with Gasteiger partial charge in [0.2, 0.25) is 5.13 Å². The van der Waals surface area contributed by atoms with Crippen molar-refractivity contribution in [3.63, 3.8) is 0 Å². The summed E-state index contributed by atoms with van der Waals surface area (Å²) in [6.45, 7) is 1.57. The van der Waals surface area contributed by atoms with Crippen LogP contribution < -0.4 is 15.4 Å². The number of sulfonamides is 1. The number of fused-ring (bicyclic) bond motifs is 3. The maximum absolute atomic E-state index is 13.8. The maximum Gasteiger partial charge on any atom is 0.295 e. The lowest BCUT2D eigenvalue weighted by Gasteiger charge is -2.16. The number of aromatic nitrogens is 2. The van der Waals surface area contributed by atoms with Crippen LogP contribution in [0.25, 0.3) is 43.6 Å². The molecule has 0 aliphatic carbocycles. The number of hydrogen-bond acceptors (Lipinski definition) is 20. The van der Waals surface area contributed by atoms with Crippen LogP contribution in [0.15, 0.2) is 203 Å². The van der Waals surface area contributed by atoms with Crippen LogP contribution in [0.1, 0.15) is 11.1 Å². The molecule has 30 heteroatoms. The van der Waals surface area contributed by atoms with E-state index in [4.69, 9.17) is 4.98 Å². The van der Waals surface area contributed by atoms with Crippen molar-refractivity contribution in [3.8, 4) is 17.3 Å². The van der Waals surface area contributed by atoms with Gasteiger partial charge < -0.3 is 10.6 Å². The van der Waals surface area contributed by atoms with Crippen molar-refractivity contribution in [2.45, 2.75) is 31.4 Å². The van der Waals surface area contributed by atoms with E-state index in [-0.39, 0.29) is 75.4 Å². The monoisotopic (exact) mass is 1220 g/mol. The summed E-state index contributed by atoms with van der Waals surface area (Å²) in [4.78, 5) is 6.82. The van der Waals surface area contributed by atoms with Crippen molar-refractivity contribution in [2.75, 3.05) is 15.4 Å². The molecule has 10 rings (SSSR count). The van der Waals surface area contributed by atoms with E-state index < -0.39 is 66.0 Å². The highest BCUT2D eigenvalue weighted by molar-refractivity contribution is 7.92. The minimum atomic E-state index is -5.04. The summed E-state index contributed by atoms with van der Waals surface area (Å²) in [7, 11) is -23.6. The number of rotatable bonds is 16. The molecule has 0 bridgehead atoms. The van der Waals surface area contributed by atoms with Crippen LogP contribution >= 0.6 is 11.3 Å². The van der Waals surface area contributed by atoms with Crippen molar-refractivity contribution in [3.05, 3.63) is 169 Å². The van der Waals surface area contributed by atoms with Gasteiger partial charge in [0.05, 0.1) is 31.6 Å². The second-order valence-corrected chi connectivity index (χ2v) is 26.0. The molecule has 0 radical (unpaired) electrons. The Hall–Kier alpha value is -9.00. The van der Waals surface area contributed by atoms with Crippen molar-refractivity contribution in [1.29, 1.82) is 5.26 Å². The summed E-state index contributed by atoms with van der Waals surface area (Å²) in [5, 5.41) is 36.9. The summed E-state index contributed by atoms with van der Waals surface area (Å²) < 4.78 is 165. The van der Waals surface area contributed by atoms with Crippen LogP contribution in [-0.2, 0) is 50.5 Å². The molecule has 0 saturated carbocycles. The Morgan fingerprint density at radius 2 is 1.09 bits per heavy atom. The van der Waals surface area contributed by atoms with E-state index in [1.807, 2.05) is 42.5 Å². The van der Waals surface area contributed by atoms with Gasteiger partial charge in [-0.2, -0.15) is 38.9 Å². The van der Waals surface area contributed by atoms with Crippen LogP contribution in [0.2, 0.25) is 0 Å². The van der Waals surface area contributed by atoms with Crippen LogP contribution in [-0.4, -0.2) is 70.3 Å². The SMILES string of the molecule is Cc1c(C#N)c(Nc2ccc(S(=O)(=O)O)cc2)nc(Nc2ccc(S(=O)(=O)O)cc2)c1N=Nc1nc(-c2ccc3ccccc3c2)c(N=Nc2ccc3cc(S(=O)(=O)Nc4cc(S(=O)(=O)O)c5cccc(S(=O)(=O)O)c5c4)ccc3c2)s1. The third kappa shape index (κ3) is 12.0. The number of nitrogens with zero attached hydrogens (tertiary/aromatic N) is 7. The lowest BCUT2D eigenvalue weighted by atomic mass is 10.1. The molecule has 2 aromatic heterocycles. The molecule has 0 saturated heterocycles. The molecule has 0 atom stereocenters. The molecule has 24 nitrogen and oxygen atoms in total. The molecule has 2 heterocycles. The summed E-state index contributed by atoms with van der Waals surface area (Å²) >= 11 is 0.995. The fraction of sp³-hybridized carbons (Fsp3) is 0.0192. The van der Waals surface area contributed by atoms with E-state index in [1.54, 1.807) is 25.1 Å². The number of pyridine rings is 1. The molecule has 0 amide bonds. The first-order chi connectivity index (χ1) is 38.7. The third-order valence-electron chi connectivity index (χ3n) is 12.3. The van der Waals surface area contributed by atoms with Gasteiger partial charge in [0.1, 0.15) is 27.2 Å². The summed E-state index contributed by atoms with van der Waals surface area (Å²) in [5.41, 5.74) is 1.68. The Morgan fingerprint density at radius 3 is 1.72 bits per heavy atom. The second-order valence-electron chi connectivity index (χ2n) is 17.7. The van der Waals surface area contributed by atoms with Gasteiger partial charge in [0, 0.05) is 33.3 Å². The summed E-state index contributed by atoms with van der Waals surface area (Å²) in [5.74, 6) is -0.0175. The molecule has 0 fully saturated rings. The largest absolute Gasteiger partial charge is 0.339 e. The topological polar surface area (TPSA) is 387 Å². The predicted octanol–water partition coefficient (Wildman–Crippen LogP) is 12.0. The Kier molecular flexibility index (Phi) is 14.7. The van der Waals surface area contributed by atoms with Gasteiger partial charge in [-0.1, -0.05) is 72.0 Å². The van der Waals surface area contributed by atoms with Gasteiger partial charge in [-0.25, -0.2) is 18.4 Å². The molecular weight excluding hydrogens is 1180 g/mol. The molecule has 8 aromatic carbocycles. The molecule has 82 heavy (non-hydrogen) atoms. The van der Waals surface area contributed by atoms with E-state index in [1.165, 1.54) is 48.5 Å². The predicted molar refractivity (Wildman–Crippen MR) is 305 cm³/mol. The van der Waals surface area contributed by atoms with Crippen molar-refractivity contribution in [2.24, 2.45) is 20.5 Å². The van der Waals surface area contributed by atoms with Gasteiger partial charge in [0.25, 0.3) is 50.5 Å². The number of anilines is 5. The Morgan fingerprint density at radius 1 is 0.500 bits per heavy atom. The van der Waals surface area contributed by atoms with Crippen LogP contribution in [0, 0.1) is 18.3 Å². The minimum absolute atomic E-state index is 0.00326. The highest BCUT2D eigenvalue weighted by Gasteiger charge is 2.25. The number of azo groups is 2. The van der Waals surface area contributed by atoms with Gasteiger partial charge in [-0.15, -0.1) is 20.5 Å². The first-order valence-corrected chi connectivity index (χ1v) is 31.3. The van der Waals surface area contributed by atoms with Gasteiger partial charge >= 0.3 is 0 Å². The highest BCUT2D eigenvalue weighted by Crippen LogP contribution is 2.44. The lowest BCUT2D eigenvalue weighted by molar-refractivity contribution is 0.481. The van der Waals surface area contributed by atoms with E-state index >= 15 is 0 Å². The van der Waals surface area contributed by atoms with E-state index in [0.29, 0.717) is 27.7 Å². The average Bonchev–Trinajstić information content (AvgIpc) is 2.60. The van der Waals surface area contributed by atoms with Crippen LogP contribution in [0.5, 0.6) is 0 Å². The number of benzene rings is 8. The first kappa shape index (κ1) is 56.3. The Balaban J connectivity index is 0.992. The first-order valence-electron chi connectivity index (χ1n) is 23.3. The van der Waals surface area contributed by atoms with Crippen molar-refractivity contribution in [1.82, 2.24) is 9.97 Å². The van der Waals surface area contributed by atoms with E-state index in [9.17, 15) is 65.6 Å². The van der Waals surface area contributed by atoms with Crippen molar-refractivity contribution < 1.29 is 60.3 Å². The number of thiazole rings is 1. The zero-order chi connectivity index (χ0) is 58.5. The maximum atomic E-state index is 13.8. The summed E-state index contributed by atoms with van der Waals surface area (Å²) in [6, 6.07) is 39.2. The van der Waals surface area contributed by atoms with Gasteiger partial charge in [-0.3, -0.25) is 22.9 Å². The second kappa shape index (κ2) is 21.5. The third-order valence-corrected chi connectivity index (χ3v) is 18.0. The Bertz CT molecular complexity index is 5000. The molecular formula is C52H36N10O14S6. The molecule has 414 valence electrons. The van der Waals surface area contributed by atoms with Gasteiger partial charge in [0.15, 0.2) is 16.6 Å². The number of nitrogens with one attached hydrogen (secondary N) is 3. The van der Waals surface area contributed by atoms with Crippen molar-refractivity contribution >= 4 is 144 Å². The number of hydrogen-bond donors (Lipinski definition) is 7. The van der Waals surface area contributed by atoms with Crippen LogP contribution in [0.4, 0.5) is 50.2 Å². The quantitative estimate of drug-likeness (QED) is 0.0349. The van der Waals surface area contributed by atoms with E-state index in [2.05, 4.69) is 46.9 Å². The standard InChI is InChI=1S/C52H36N10O14S6/c1-29-44(28-53)49(54-35-14-19-39(20-15-35)79(65,66)67)57-50(55-36-16-21-40(22-17-36)80(68,69)70)47(29)59-61-52-56-48(34-10-9-30-5-2-3-6-31(30)23-34)51(77-52)60-58-37-13-11-33-25-41(18-12-32(33)24-37)78(63,64)62-38-26-43-42(46(27-38)82(74,75)76)7-4-8-45(43)81(71,72)73/h2-27,62H,1H3,(H2,54,55,57)(H,65,66,67)(H,68,69,70)(H,71,72,73)(H,74,75,76). The fourth-order valence-corrected chi connectivity index (χ4v) is 12.6.